The van der Waals surface area contributed by atoms with Gasteiger partial charge in [-0.1, -0.05) is 18.6 Å². The summed E-state index contributed by atoms with van der Waals surface area (Å²) in [5.74, 6) is -1.03. The fraction of sp³-hybridized carbons (Fsp3) is 0.444. The van der Waals surface area contributed by atoms with E-state index in [1.807, 2.05) is 19.9 Å². The fourth-order valence-electron chi connectivity index (χ4n) is 3.02. The third-order valence-electron chi connectivity index (χ3n) is 4.42. The van der Waals surface area contributed by atoms with Crippen LogP contribution < -0.4 is 10.5 Å². The van der Waals surface area contributed by atoms with Crippen LogP contribution in [0.15, 0.2) is 11.6 Å². The number of carbonyl (C=O) groups excluding carboxylic acids is 1. The third-order valence-corrected chi connectivity index (χ3v) is 4.42. The molecule has 1 atom stereocenters. The smallest absolute Gasteiger partial charge is 0.341 e. The van der Waals surface area contributed by atoms with E-state index in [1.54, 1.807) is 14.0 Å². The second kappa shape index (κ2) is 6.95. The molecule has 0 amide bonds. The van der Waals surface area contributed by atoms with E-state index in [4.69, 9.17) is 20.3 Å². The van der Waals surface area contributed by atoms with E-state index < -0.39 is 17.9 Å². The number of methoxy groups -OCH3 is 1. The normalized spacial score (nSPS) is 15.0. The Balaban J connectivity index is 2.37. The molecule has 0 bridgehead atoms. The molecule has 0 aromatic heterocycles. The van der Waals surface area contributed by atoms with Crippen LogP contribution in [0.2, 0.25) is 0 Å². The molecule has 130 valence electrons. The van der Waals surface area contributed by atoms with E-state index in [0.717, 1.165) is 22.3 Å². The minimum atomic E-state index is -0.823. The molecule has 0 aliphatic carbocycles. The molecule has 24 heavy (non-hydrogen) atoms. The van der Waals surface area contributed by atoms with Gasteiger partial charge in [0.05, 0.1) is 24.3 Å². The maximum absolute atomic E-state index is 11.9. The number of carboxylic acids is 1. The van der Waals surface area contributed by atoms with Gasteiger partial charge < -0.3 is 20.3 Å². The number of allylic oxidation sites excluding steroid dienone is 2. The van der Waals surface area contributed by atoms with Crippen LogP contribution in [0.4, 0.5) is 5.69 Å². The first-order valence-electron chi connectivity index (χ1n) is 7.81. The van der Waals surface area contributed by atoms with Crippen molar-refractivity contribution < 1.29 is 24.2 Å². The number of carboxylic acid groups (broad SMARTS) is 1. The lowest BCUT2D eigenvalue weighted by atomic mass is 9.93. The Morgan fingerprint density at radius 3 is 2.75 bits per heavy atom. The van der Waals surface area contributed by atoms with Gasteiger partial charge in [-0.3, -0.25) is 4.79 Å². The summed E-state index contributed by atoms with van der Waals surface area (Å²) < 4.78 is 10.6. The monoisotopic (exact) mass is 333 g/mol. The van der Waals surface area contributed by atoms with Gasteiger partial charge in [-0.05, 0) is 32.3 Å². The van der Waals surface area contributed by atoms with E-state index in [-0.39, 0.29) is 6.61 Å². The maximum Gasteiger partial charge on any atom is 0.341 e. The molecular formula is C18H23NO5. The van der Waals surface area contributed by atoms with Crippen LogP contribution >= 0.6 is 0 Å². The van der Waals surface area contributed by atoms with Gasteiger partial charge in [0.15, 0.2) is 0 Å². The summed E-state index contributed by atoms with van der Waals surface area (Å²) in [6.45, 7) is 5.65. The molecule has 0 saturated heterocycles. The zero-order valence-electron chi connectivity index (χ0n) is 14.4. The van der Waals surface area contributed by atoms with Crippen LogP contribution in [0, 0.1) is 12.8 Å². The standard InChI is InChI=1S/C18H23NO5/c1-9(7-10(2)17(20)21)5-6-12-15(19)14-13(8-24-18(14)22)11(3)16(12)23-4/h5,10H,6-8,19H2,1-4H3,(H,20,21). The fourth-order valence-corrected chi connectivity index (χ4v) is 3.02. The summed E-state index contributed by atoms with van der Waals surface area (Å²) >= 11 is 0. The van der Waals surface area contributed by atoms with Gasteiger partial charge in [-0.2, -0.15) is 0 Å². The van der Waals surface area contributed by atoms with Crippen LogP contribution in [-0.4, -0.2) is 24.2 Å². The molecule has 1 aromatic carbocycles. The van der Waals surface area contributed by atoms with Crippen molar-refractivity contribution in [3.8, 4) is 5.75 Å². The van der Waals surface area contributed by atoms with Gasteiger partial charge in [-0.25, -0.2) is 4.79 Å². The van der Waals surface area contributed by atoms with Crippen LogP contribution in [-0.2, 0) is 22.6 Å². The van der Waals surface area contributed by atoms with Gasteiger partial charge in [0.25, 0.3) is 0 Å². The topological polar surface area (TPSA) is 98.9 Å². The van der Waals surface area contributed by atoms with Crippen LogP contribution in [0.1, 0.15) is 47.3 Å². The highest BCUT2D eigenvalue weighted by atomic mass is 16.5. The predicted molar refractivity (Wildman–Crippen MR) is 90.1 cm³/mol. The minimum absolute atomic E-state index is 0.214. The van der Waals surface area contributed by atoms with Crippen LogP contribution in [0.5, 0.6) is 5.75 Å². The number of hydrogen-bond acceptors (Lipinski definition) is 5. The molecule has 2 rings (SSSR count). The second-order valence-corrected chi connectivity index (χ2v) is 6.18. The van der Waals surface area contributed by atoms with E-state index >= 15 is 0 Å². The Hall–Kier alpha value is -2.50. The summed E-state index contributed by atoms with van der Waals surface area (Å²) in [7, 11) is 1.57. The van der Waals surface area contributed by atoms with E-state index in [2.05, 4.69) is 0 Å². The highest BCUT2D eigenvalue weighted by Crippen LogP contribution is 2.39. The Morgan fingerprint density at radius 2 is 2.17 bits per heavy atom. The van der Waals surface area contributed by atoms with Crippen LogP contribution in [0.25, 0.3) is 0 Å². The number of nitrogens with two attached hydrogens (primary N) is 1. The molecule has 6 nitrogen and oxygen atoms in total. The average molecular weight is 333 g/mol. The van der Waals surface area contributed by atoms with Crippen molar-refractivity contribution in [2.75, 3.05) is 12.8 Å². The van der Waals surface area contributed by atoms with Crippen molar-refractivity contribution in [3.63, 3.8) is 0 Å². The zero-order chi connectivity index (χ0) is 18.0. The number of ether oxygens (including phenoxy) is 2. The molecule has 3 N–H and O–H groups in total. The summed E-state index contributed by atoms with van der Waals surface area (Å²) in [6, 6.07) is 0. The van der Waals surface area contributed by atoms with E-state index in [1.165, 1.54) is 0 Å². The molecule has 0 saturated carbocycles. The van der Waals surface area contributed by atoms with Crippen molar-refractivity contribution in [2.45, 2.75) is 40.2 Å². The number of hydrogen-bond donors (Lipinski definition) is 2. The highest BCUT2D eigenvalue weighted by molar-refractivity contribution is 6.00. The average Bonchev–Trinajstić information content (AvgIpc) is 2.91. The number of rotatable bonds is 6. The van der Waals surface area contributed by atoms with E-state index in [0.29, 0.717) is 29.8 Å². The molecule has 1 aliphatic heterocycles. The number of aliphatic carboxylic acids is 1. The van der Waals surface area contributed by atoms with Gasteiger partial charge in [0, 0.05) is 11.1 Å². The summed E-state index contributed by atoms with van der Waals surface area (Å²) in [4.78, 5) is 22.9. The molecule has 0 fully saturated rings. The Bertz CT molecular complexity index is 721. The van der Waals surface area contributed by atoms with Gasteiger partial charge >= 0.3 is 11.9 Å². The first-order valence-corrected chi connectivity index (χ1v) is 7.81. The largest absolute Gasteiger partial charge is 0.496 e. The molecule has 6 heteroatoms. The third kappa shape index (κ3) is 3.22. The molecule has 1 unspecified atom stereocenters. The quantitative estimate of drug-likeness (QED) is 0.472. The van der Waals surface area contributed by atoms with E-state index in [9.17, 15) is 9.59 Å². The molecule has 1 aliphatic rings. The minimum Gasteiger partial charge on any atom is -0.496 e. The lowest BCUT2D eigenvalue weighted by molar-refractivity contribution is -0.141. The number of fused-ring (bicyclic) bond motifs is 1. The molecular weight excluding hydrogens is 310 g/mol. The first kappa shape index (κ1) is 17.8. The van der Waals surface area contributed by atoms with Crippen molar-refractivity contribution in [3.05, 3.63) is 33.9 Å². The number of esters is 1. The SMILES string of the molecule is COc1c(C)c2c(c(N)c1CC=C(C)CC(C)C(=O)O)C(=O)OC2. The van der Waals surface area contributed by atoms with Gasteiger partial charge in [0.2, 0.25) is 0 Å². The van der Waals surface area contributed by atoms with Crippen molar-refractivity contribution >= 4 is 17.6 Å². The molecule has 1 aromatic rings. The molecule has 0 spiro atoms. The summed E-state index contributed by atoms with van der Waals surface area (Å²) in [5, 5.41) is 9.00. The Morgan fingerprint density at radius 1 is 1.50 bits per heavy atom. The number of cyclic esters (lactones) is 1. The van der Waals surface area contributed by atoms with Gasteiger partial charge in [0.1, 0.15) is 12.4 Å². The first-order chi connectivity index (χ1) is 11.3. The second-order valence-electron chi connectivity index (χ2n) is 6.18. The highest BCUT2D eigenvalue weighted by Gasteiger charge is 2.30. The molecule has 1 heterocycles. The number of nitrogen functional groups attached to an aromatic ring is 1. The summed E-state index contributed by atoms with van der Waals surface area (Å²) in [6.07, 6.45) is 2.86. The van der Waals surface area contributed by atoms with Crippen molar-refractivity contribution in [1.82, 2.24) is 0 Å². The number of carbonyl (C=O) groups is 2. The van der Waals surface area contributed by atoms with Crippen molar-refractivity contribution in [1.29, 1.82) is 0 Å². The Labute approximate surface area is 141 Å². The van der Waals surface area contributed by atoms with Crippen molar-refractivity contribution in [2.24, 2.45) is 5.92 Å². The Kier molecular flexibility index (Phi) is 5.17. The lowest BCUT2D eigenvalue weighted by Gasteiger charge is -2.16. The maximum atomic E-state index is 11.9. The summed E-state index contributed by atoms with van der Waals surface area (Å²) in [5.41, 5.74) is 10.3. The predicted octanol–water partition coefficient (Wildman–Crippen LogP) is 2.86. The lowest BCUT2D eigenvalue weighted by Crippen LogP contribution is -2.10. The number of benzene rings is 1. The molecule has 0 radical (unpaired) electrons. The zero-order valence-corrected chi connectivity index (χ0v) is 14.4. The van der Waals surface area contributed by atoms with Crippen LogP contribution in [0.3, 0.4) is 0 Å². The van der Waals surface area contributed by atoms with Gasteiger partial charge in [-0.15, -0.1) is 0 Å². The number of anilines is 1.